The number of halogens is 2. The minimum absolute atomic E-state index is 0.0451. The van der Waals surface area contributed by atoms with E-state index >= 15 is 0 Å². The Balaban J connectivity index is 1.44. The molecular formula is C19H20BrClN6O5S. The summed E-state index contributed by atoms with van der Waals surface area (Å²) in [5.41, 5.74) is 0.782. The van der Waals surface area contributed by atoms with Crippen LogP contribution >= 0.6 is 39.3 Å². The van der Waals surface area contributed by atoms with Crippen LogP contribution in [0.5, 0.6) is 5.75 Å². The summed E-state index contributed by atoms with van der Waals surface area (Å²) in [5, 5.41) is 13.2. The van der Waals surface area contributed by atoms with Gasteiger partial charge in [-0.3, -0.25) is 9.59 Å². The van der Waals surface area contributed by atoms with E-state index in [1.54, 1.807) is 31.4 Å². The number of amides is 2. The third kappa shape index (κ3) is 4.53. The summed E-state index contributed by atoms with van der Waals surface area (Å²) >= 11 is 11.1. The van der Waals surface area contributed by atoms with Gasteiger partial charge in [-0.25, -0.2) is 9.48 Å². The van der Waals surface area contributed by atoms with E-state index in [1.807, 2.05) is 0 Å². The number of carbonyl (C=O) groups excluding carboxylic acids is 3. The number of nitrogens with zero attached hydrogens (tertiary/aromatic N) is 5. The number of methoxy groups -OCH3 is 1. The smallest absolute Gasteiger partial charge is 0.330 e. The fourth-order valence-corrected chi connectivity index (χ4v) is 6.89. The van der Waals surface area contributed by atoms with E-state index in [-0.39, 0.29) is 24.9 Å². The number of benzene rings is 1. The van der Waals surface area contributed by atoms with Crippen molar-refractivity contribution in [2.45, 2.75) is 35.4 Å². The Morgan fingerprint density at radius 3 is 2.70 bits per heavy atom. The molecule has 0 radical (unpaired) electrons. The summed E-state index contributed by atoms with van der Waals surface area (Å²) in [7, 11) is 1.57. The van der Waals surface area contributed by atoms with Crippen molar-refractivity contribution in [1.29, 1.82) is 0 Å². The lowest BCUT2D eigenvalue weighted by Crippen LogP contribution is -2.71. The van der Waals surface area contributed by atoms with E-state index in [0.717, 1.165) is 5.56 Å². The first-order valence-corrected chi connectivity index (χ1v) is 12.4. The first kappa shape index (κ1) is 23.8. The molecule has 2 fully saturated rings. The fraction of sp³-hybridized carbons (Fsp3) is 0.474. The topological polar surface area (TPSA) is 129 Å². The molecule has 2 saturated heterocycles. The minimum atomic E-state index is -0.886. The Morgan fingerprint density at radius 1 is 1.33 bits per heavy atom. The number of aromatic nitrogens is 4. The predicted molar refractivity (Wildman–Crippen MR) is 122 cm³/mol. The van der Waals surface area contributed by atoms with E-state index in [0.29, 0.717) is 11.1 Å². The molecule has 11 nitrogen and oxygen atoms in total. The maximum atomic E-state index is 13.1. The fourth-order valence-electron chi connectivity index (χ4n) is 3.72. The molecule has 14 heteroatoms. The Labute approximate surface area is 206 Å². The van der Waals surface area contributed by atoms with Crippen LogP contribution in [0, 0.1) is 0 Å². The molecule has 2 aliphatic heterocycles. The van der Waals surface area contributed by atoms with Crippen molar-refractivity contribution < 1.29 is 23.9 Å². The van der Waals surface area contributed by atoms with Gasteiger partial charge in [-0.15, -0.1) is 28.5 Å². The maximum absolute atomic E-state index is 13.1. The lowest BCUT2D eigenvalue weighted by atomic mass is 9.95. The molecule has 1 aromatic carbocycles. The summed E-state index contributed by atoms with van der Waals surface area (Å²) in [6, 6.07) is 5.47. The van der Waals surface area contributed by atoms with Crippen molar-refractivity contribution in [3.8, 4) is 5.75 Å². The summed E-state index contributed by atoms with van der Waals surface area (Å²) < 4.78 is 11.1. The van der Waals surface area contributed by atoms with Crippen molar-refractivity contribution >= 4 is 57.1 Å². The Bertz CT molecular complexity index is 1020. The molecule has 4 atom stereocenters. The zero-order chi connectivity index (χ0) is 23.6. The number of fused-ring (bicyclic) bond motifs is 1. The van der Waals surface area contributed by atoms with Crippen LogP contribution < -0.4 is 10.1 Å². The molecule has 2 aromatic rings. The van der Waals surface area contributed by atoms with Gasteiger partial charge < -0.3 is 19.7 Å². The maximum Gasteiger partial charge on any atom is 0.330 e. The van der Waals surface area contributed by atoms with Gasteiger partial charge in [0, 0.05) is 11.2 Å². The second-order valence-corrected chi connectivity index (χ2v) is 9.86. The highest BCUT2D eigenvalue weighted by Gasteiger charge is 2.67. The predicted octanol–water partition coefficient (Wildman–Crippen LogP) is 0.566. The molecule has 3 heterocycles. The van der Waals surface area contributed by atoms with Gasteiger partial charge in [-0.05, 0) is 28.1 Å². The van der Waals surface area contributed by atoms with Crippen molar-refractivity contribution in [3.05, 3.63) is 36.2 Å². The highest BCUT2D eigenvalue weighted by atomic mass is 79.9. The summed E-state index contributed by atoms with van der Waals surface area (Å²) in [5.74, 6) is -0.525. The van der Waals surface area contributed by atoms with Crippen LogP contribution in [-0.4, -0.2) is 83.4 Å². The van der Waals surface area contributed by atoms with E-state index in [4.69, 9.17) is 21.1 Å². The summed E-state index contributed by atoms with van der Waals surface area (Å²) in [6.07, 6.45) is 1.30. The van der Waals surface area contributed by atoms with Crippen molar-refractivity contribution in [3.63, 3.8) is 0 Å². The third-order valence-corrected chi connectivity index (χ3v) is 9.17. The van der Waals surface area contributed by atoms with Crippen molar-refractivity contribution in [1.82, 2.24) is 30.4 Å². The lowest BCUT2D eigenvalue weighted by Gasteiger charge is -2.44. The standard InChI is InChI=1S/C19H20BrClN6O5S/c1-31-12-4-2-11(3-5-12)7-32-18(30)15-19(8-20,9-21)33-17-14(16(29)27(15)17)23-13(28)6-26-10-22-24-25-26/h2-5,10,14-15,17H,6-9H2,1H3,(H,23,28). The van der Waals surface area contributed by atoms with Crippen LogP contribution in [0.25, 0.3) is 0 Å². The number of esters is 1. The van der Waals surface area contributed by atoms with Gasteiger partial charge in [-0.1, -0.05) is 28.1 Å². The van der Waals surface area contributed by atoms with Crippen LogP contribution in [0.3, 0.4) is 0 Å². The highest BCUT2D eigenvalue weighted by Crippen LogP contribution is 2.52. The molecule has 4 rings (SSSR count). The molecule has 0 aliphatic carbocycles. The number of tetrazole rings is 1. The number of hydrogen-bond acceptors (Lipinski definition) is 9. The number of hydrogen-bond donors (Lipinski definition) is 1. The van der Waals surface area contributed by atoms with E-state index in [1.165, 1.54) is 27.7 Å². The average Bonchev–Trinajstić information content (AvgIpc) is 3.45. The van der Waals surface area contributed by atoms with Gasteiger partial charge in [-0.2, -0.15) is 0 Å². The molecule has 1 N–H and O–H groups in total. The highest BCUT2D eigenvalue weighted by molar-refractivity contribution is 9.09. The molecule has 0 spiro atoms. The first-order chi connectivity index (χ1) is 15.9. The normalized spacial score (nSPS) is 25.8. The number of rotatable bonds is 9. The van der Waals surface area contributed by atoms with Gasteiger partial charge in [0.2, 0.25) is 11.8 Å². The quantitative estimate of drug-likeness (QED) is 0.266. The van der Waals surface area contributed by atoms with Crippen LogP contribution in [0.2, 0.25) is 0 Å². The number of ether oxygens (including phenoxy) is 2. The summed E-state index contributed by atoms with van der Waals surface area (Å²) in [6.45, 7) is -0.0793. The molecule has 176 valence electrons. The number of nitrogens with one attached hydrogen (secondary N) is 1. The second-order valence-electron chi connectivity index (χ2n) is 7.50. The molecular weight excluding hydrogens is 540 g/mol. The molecule has 2 amide bonds. The van der Waals surface area contributed by atoms with Crippen molar-refractivity contribution in [2.75, 3.05) is 18.3 Å². The Kier molecular flexibility index (Phi) is 7.10. The van der Waals surface area contributed by atoms with Gasteiger partial charge in [0.05, 0.1) is 11.9 Å². The number of carbonyl (C=O) groups is 3. The van der Waals surface area contributed by atoms with Crippen LogP contribution in [0.1, 0.15) is 5.56 Å². The molecule has 4 unspecified atom stereocenters. The molecule has 0 bridgehead atoms. The number of thioether (sulfide) groups is 1. The Morgan fingerprint density at radius 2 is 2.09 bits per heavy atom. The van der Waals surface area contributed by atoms with Gasteiger partial charge in [0.1, 0.15) is 42.7 Å². The summed E-state index contributed by atoms with van der Waals surface area (Å²) in [4.78, 5) is 39.8. The van der Waals surface area contributed by atoms with Crippen LogP contribution in [0.4, 0.5) is 0 Å². The third-order valence-electron chi connectivity index (χ3n) is 5.44. The Hall–Kier alpha value is -2.38. The van der Waals surface area contributed by atoms with Crippen molar-refractivity contribution in [2.24, 2.45) is 0 Å². The number of β-lactam (4-membered cyclic amide) rings is 1. The monoisotopic (exact) mass is 558 g/mol. The zero-order valence-electron chi connectivity index (χ0n) is 17.4. The van der Waals surface area contributed by atoms with Crippen LogP contribution in [0.15, 0.2) is 30.6 Å². The first-order valence-electron chi connectivity index (χ1n) is 9.84. The lowest BCUT2D eigenvalue weighted by molar-refractivity contribution is -0.165. The van der Waals surface area contributed by atoms with Gasteiger partial charge >= 0.3 is 5.97 Å². The van der Waals surface area contributed by atoms with Gasteiger partial charge in [0.25, 0.3) is 0 Å². The molecule has 33 heavy (non-hydrogen) atoms. The largest absolute Gasteiger partial charge is 0.497 e. The number of alkyl halides is 2. The molecule has 1 aromatic heterocycles. The van der Waals surface area contributed by atoms with Crippen LogP contribution in [-0.2, 0) is 32.3 Å². The van der Waals surface area contributed by atoms with Gasteiger partial charge in [0.15, 0.2) is 0 Å². The molecule has 2 aliphatic rings. The van der Waals surface area contributed by atoms with E-state index in [9.17, 15) is 14.4 Å². The van der Waals surface area contributed by atoms with E-state index in [2.05, 4.69) is 36.8 Å². The molecule has 0 saturated carbocycles. The second kappa shape index (κ2) is 9.85. The zero-order valence-corrected chi connectivity index (χ0v) is 20.5. The minimum Gasteiger partial charge on any atom is -0.497 e. The SMILES string of the molecule is COc1ccc(COC(=O)C2N3C(=O)C(NC(=O)Cn4cnnn4)C3SC2(CCl)CBr)cc1. The van der Waals surface area contributed by atoms with E-state index < -0.39 is 34.1 Å². The average molecular weight is 560 g/mol.